The lowest BCUT2D eigenvalue weighted by molar-refractivity contribution is 0.0774. The molecule has 8 heteroatoms. The van der Waals surface area contributed by atoms with Crippen molar-refractivity contribution in [2.24, 2.45) is 7.05 Å². The van der Waals surface area contributed by atoms with Gasteiger partial charge in [-0.1, -0.05) is 45.9 Å². The van der Waals surface area contributed by atoms with Gasteiger partial charge in [-0.25, -0.2) is 4.79 Å². The van der Waals surface area contributed by atoms with Gasteiger partial charge in [-0.3, -0.25) is 14.2 Å². The van der Waals surface area contributed by atoms with Crippen molar-refractivity contribution in [3.8, 4) is 0 Å². The molecule has 1 saturated carbocycles. The van der Waals surface area contributed by atoms with Gasteiger partial charge in [0.05, 0.1) is 0 Å². The summed E-state index contributed by atoms with van der Waals surface area (Å²) in [4.78, 5) is 27.0. The summed E-state index contributed by atoms with van der Waals surface area (Å²) in [7, 11) is 3.57. The van der Waals surface area contributed by atoms with Crippen LogP contribution in [-0.4, -0.2) is 39.7 Å². The Labute approximate surface area is 182 Å². The summed E-state index contributed by atoms with van der Waals surface area (Å²) in [5, 5.41) is 7.94. The minimum absolute atomic E-state index is 0.0452. The van der Waals surface area contributed by atoms with Crippen molar-refractivity contribution in [3.63, 3.8) is 0 Å². The number of nitrogens with zero attached hydrogens (tertiary/aromatic N) is 3. The number of hydrogen-bond acceptors (Lipinski definition) is 4. The summed E-state index contributed by atoms with van der Waals surface area (Å²) >= 11 is 1.10. The third-order valence-corrected chi connectivity index (χ3v) is 6.05. The maximum Gasteiger partial charge on any atom is 0.329 e. The van der Waals surface area contributed by atoms with Crippen LogP contribution in [0.25, 0.3) is 0 Å². The highest BCUT2D eigenvalue weighted by Gasteiger charge is 2.31. The number of carbonyl (C=O) groups excluding carboxylic acids is 2. The maximum atomic E-state index is 12.6. The zero-order valence-electron chi connectivity index (χ0n) is 18.5. The van der Waals surface area contributed by atoms with Gasteiger partial charge in [-0.15, -0.1) is 0 Å². The number of nitrogens with one attached hydrogen (secondary N) is 2. The van der Waals surface area contributed by atoms with E-state index in [0.29, 0.717) is 28.6 Å². The number of rotatable bonds is 7. The van der Waals surface area contributed by atoms with E-state index in [0.717, 1.165) is 41.6 Å². The zero-order chi connectivity index (χ0) is 22.0. The normalized spacial score (nSPS) is 13.6. The van der Waals surface area contributed by atoms with Crippen LogP contribution in [0.4, 0.5) is 10.5 Å². The fourth-order valence-electron chi connectivity index (χ4n) is 3.43. The van der Waals surface area contributed by atoms with E-state index in [1.807, 2.05) is 25.2 Å². The van der Waals surface area contributed by atoms with Gasteiger partial charge in [-0.05, 0) is 35.8 Å². The van der Waals surface area contributed by atoms with Crippen LogP contribution in [0.2, 0.25) is 0 Å². The molecule has 0 spiro atoms. The maximum absolute atomic E-state index is 12.6. The fourth-order valence-corrected chi connectivity index (χ4v) is 4.01. The molecule has 1 heterocycles. The number of para-hydroxylation sites is 1. The minimum Gasteiger partial charge on any atom is -0.337 e. The molecule has 1 aromatic carbocycles. The predicted octanol–water partition coefficient (Wildman–Crippen LogP) is 4.73. The number of benzene rings is 1. The van der Waals surface area contributed by atoms with Crippen LogP contribution in [-0.2, 0) is 7.05 Å². The molecule has 2 N–H and O–H groups in total. The van der Waals surface area contributed by atoms with Crippen LogP contribution < -0.4 is 10.0 Å². The van der Waals surface area contributed by atoms with E-state index in [4.69, 9.17) is 0 Å². The average molecular weight is 430 g/mol. The van der Waals surface area contributed by atoms with Crippen LogP contribution in [0.15, 0.2) is 29.3 Å². The Morgan fingerprint density at radius 2 is 1.77 bits per heavy atom. The lowest BCUT2D eigenvalue weighted by Gasteiger charge is -2.20. The SMILES string of the molecule is CC(C)c1cccc(C(C)C)c1NC(=O)NSc1cc(C(=O)N(C)C2CC2)n(C)n1. The summed E-state index contributed by atoms with van der Waals surface area (Å²) in [6, 6.07) is 7.87. The van der Waals surface area contributed by atoms with Gasteiger partial charge in [0.25, 0.3) is 5.91 Å². The van der Waals surface area contributed by atoms with E-state index in [2.05, 4.69) is 42.8 Å². The molecule has 2 aromatic rings. The number of aromatic nitrogens is 2. The van der Waals surface area contributed by atoms with Crippen LogP contribution in [0.5, 0.6) is 0 Å². The first-order valence-corrected chi connectivity index (χ1v) is 11.2. The molecule has 30 heavy (non-hydrogen) atoms. The Kier molecular flexibility index (Phi) is 6.75. The second-order valence-corrected chi connectivity index (χ2v) is 9.24. The Bertz CT molecular complexity index is 907. The Balaban J connectivity index is 1.67. The van der Waals surface area contributed by atoms with Crippen molar-refractivity contribution in [2.75, 3.05) is 12.4 Å². The van der Waals surface area contributed by atoms with E-state index >= 15 is 0 Å². The Hall–Kier alpha value is -2.48. The van der Waals surface area contributed by atoms with Gasteiger partial charge in [0.15, 0.2) is 0 Å². The first kappa shape index (κ1) is 22.2. The first-order valence-electron chi connectivity index (χ1n) is 10.4. The summed E-state index contributed by atoms with van der Waals surface area (Å²) in [5.74, 6) is 0.537. The molecule has 1 aliphatic rings. The van der Waals surface area contributed by atoms with E-state index in [1.165, 1.54) is 0 Å². The lowest BCUT2D eigenvalue weighted by Crippen LogP contribution is -2.30. The first-order chi connectivity index (χ1) is 14.2. The van der Waals surface area contributed by atoms with Crippen molar-refractivity contribution < 1.29 is 9.59 Å². The summed E-state index contributed by atoms with van der Waals surface area (Å²) in [5.41, 5.74) is 3.59. The highest BCUT2D eigenvalue weighted by Crippen LogP contribution is 2.32. The number of hydrogen-bond donors (Lipinski definition) is 2. The van der Waals surface area contributed by atoms with Crippen molar-refractivity contribution >= 4 is 29.6 Å². The van der Waals surface area contributed by atoms with Gasteiger partial charge in [-0.2, -0.15) is 5.10 Å². The van der Waals surface area contributed by atoms with Gasteiger partial charge >= 0.3 is 6.03 Å². The molecule has 1 aliphatic carbocycles. The lowest BCUT2D eigenvalue weighted by atomic mass is 9.93. The monoisotopic (exact) mass is 429 g/mol. The van der Waals surface area contributed by atoms with Gasteiger partial charge in [0, 0.05) is 43.8 Å². The summed E-state index contributed by atoms with van der Waals surface area (Å²) < 4.78 is 4.35. The van der Waals surface area contributed by atoms with Crippen LogP contribution in [0.1, 0.15) is 74.0 Å². The van der Waals surface area contributed by atoms with Crippen molar-refractivity contribution in [3.05, 3.63) is 41.1 Å². The second-order valence-electron chi connectivity index (χ2n) is 8.42. The predicted molar refractivity (Wildman–Crippen MR) is 121 cm³/mol. The second kappa shape index (κ2) is 9.12. The number of anilines is 1. The smallest absolute Gasteiger partial charge is 0.329 e. The minimum atomic E-state index is -0.316. The van der Waals surface area contributed by atoms with Crippen LogP contribution >= 0.6 is 11.9 Å². The molecule has 162 valence electrons. The van der Waals surface area contributed by atoms with Crippen LogP contribution in [0.3, 0.4) is 0 Å². The molecule has 3 amide bonds. The summed E-state index contributed by atoms with van der Waals surface area (Å²) in [6.45, 7) is 8.45. The Morgan fingerprint density at radius 3 is 2.30 bits per heavy atom. The molecule has 0 atom stereocenters. The van der Waals surface area contributed by atoms with Gasteiger partial charge in [0.2, 0.25) is 0 Å². The molecular formula is C22H31N5O2S. The quantitative estimate of drug-likeness (QED) is 0.624. The van der Waals surface area contributed by atoms with Crippen molar-refractivity contribution in [1.29, 1.82) is 0 Å². The largest absolute Gasteiger partial charge is 0.337 e. The van der Waals surface area contributed by atoms with E-state index < -0.39 is 0 Å². The van der Waals surface area contributed by atoms with E-state index in [1.54, 1.807) is 22.7 Å². The van der Waals surface area contributed by atoms with Crippen molar-refractivity contribution in [1.82, 2.24) is 19.4 Å². The highest BCUT2D eigenvalue weighted by atomic mass is 32.2. The standard InChI is InChI=1S/C22H31N5O2S/c1-13(2)16-8-7-9-17(14(3)4)20(16)23-22(29)25-30-19-12-18(27(6)24-19)21(28)26(5)15-10-11-15/h7-9,12-15H,10-11H2,1-6H3,(H2,23,25,29). The summed E-state index contributed by atoms with van der Waals surface area (Å²) in [6.07, 6.45) is 2.11. The molecule has 1 fully saturated rings. The molecular weight excluding hydrogens is 398 g/mol. The molecule has 0 aliphatic heterocycles. The number of carbonyl (C=O) groups is 2. The Morgan fingerprint density at radius 1 is 1.17 bits per heavy atom. The third-order valence-electron chi connectivity index (χ3n) is 5.35. The number of urea groups is 1. The average Bonchev–Trinajstić information content (AvgIpc) is 3.47. The van der Waals surface area contributed by atoms with Gasteiger partial charge in [0.1, 0.15) is 10.7 Å². The van der Waals surface area contributed by atoms with Gasteiger partial charge < -0.3 is 10.2 Å². The van der Waals surface area contributed by atoms with Crippen LogP contribution in [0, 0.1) is 0 Å². The molecule has 0 bridgehead atoms. The zero-order valence-corrected chi connectivity index (χ0v) is 19.3. The molecule has 0 saturated heterocycles. The molecule has 0 unspecified atom stereocenters. The molecule has 3 rings (SSSR count). The third kappa shape index (κ3) is 4.98. The molecule has 0 radical (unpaired) electrons. The molecule has 1 aromatic heterocycles. The topological polar surface area (TPSA) is 79.3 Å². The number of amides is 3. The van der Waals surface area contributed by atoms with E-state index in [9.17, 15) is 9.59 Å². The van der Waals surface area contributed by atoms with Crippen molar-refractivity contribution in [2.45, 2.75) is 63.4 Å². The number of aryl methyl sites for hydroxylation is 1. The van der Waals surface area contributed by atoms with E-state index in [-0.39, 0.29) is 11.9 Å². The fraction of sp³-hybridized carbons (Fsp3) is 0.500. The highest BCUT2D eigenvalue weighted by molar-refractivity contribution is 7.97. The molecule has 7 nitrogen and oxygen atoms in total.